The molecule has 29 heavy (non-hydrogen) atoms. The lowest BCUT2D eigenvalue weighted by molar-refractivity contribution is -0.131. The van der Waals surface area contributed by atoms with E-state index in [1.807, 2.05) is 0 Å². The average molecular weight is 415 g/mol. The molecular weight excluding hydrogens is 380 g/mol. The van der Waals surface area contributed by atoms with Gasteiger partial charge in [0.05, 0.1) is 0 Å². The van der Waals surface area contributed by atoms with Crippen LogP contribution < -0.4 is 10.6 Å². The van der Waals surface area contributed by atoms with Crippen molar-refractivity contribution in [3.63, 3.8) is 0 Å². The van der Waals surface area contributed by atoms with E-state index in [0.717, 1.165) is 41.9 Å². The second kappa shape index (κ2) is 8.33. The number of thioether (sulfide) groups is 1. The molecule has 1 unspecified atom stereocenters. The van der Waals surface area contributed by atoms with E-state index in [0.29, 0.717) is 11.7 Å². The van der Waals surface area contributed by atoms with Crippen LogP contribution in [0.2, 0.25) is 0 Å². The maximum Gasteiger partial charge on any atom is 0.243 e. The Kier molecular flexibility index (Phi) is 5.97. The summed E-state index contributed by atoms with van der Waals surface area (Å²) < 4.78 is 0. The quantitative estimate of drug-likeness (QED) is 0.646. The van der Waals surface area contributed by atoms with Crippen LogP contribution in [0.15, 0.2) is 29.2 Å². The van der Waals surface area contributed by atoms with Gasteiger partial charge in [-0.25, -0.2) is 0 Å². The van der Waals surface area contributed by atoms with E-state index in [9.17, 15) is 9.59 Å². The van der Waals surface area contributed by atoms with Crippen LogP contribution in [0.5, 0.6) is 0 Å². The van der Waals surface area contributed by atoms with Gasteiger partial charge in [0, 0.05) is 23.1 Å². The van der Waals surface area contributed by atoms with Crippen molar-refractivity contribution in [2.45, 2.75) is 81.7 Å². The summed E-state index contributed by atoms with van der Waals surface area (Å²) in [6, 6.07) is 8.03. The minimum absolute atomic E-state index is 0.00606. The number of benzene rings is 1. The summed E-state index contributed by atoms with van der Waals surface area (Å²) in [5, 5.41) is 6.31. The lowest BCUT2D eigenvalue weighted by Crippen LogP contribution is -2.63. The van der Waals surface area contributed by atoms with Crippen molar-refractivity contribution >= 4 is 23.6 Å². The van der Waals surface area contributed by atoms with Gasteiger partial charge in [-0.15, -0.1) is 11.8 Å². The normalized spacial score (nSPS) is 31.0. The van der Waals surface area contributed by atoms with Gasteiger partial charge in [0.2, 0.25) is 11.8 Å². The molecular formula is C24H34N2O2S. The molecule has 4 saturated carbocycles. The van der Waals surface area contributed by atoms with E-state index in [2.05, 4.69) is 48.7 Å². The molecule has 0 saturated heterocycles. The molecule has 2 amide bonds. The number of rotatable bonds is 7. The first-order chi connectivity index (χ1) is 13.8. The molecule has 4 aliphatic rings. The van der Waals surface area contributed by atoms with Crippen molar-refractivity contribution in [1.29, 1.82) is 0 Å². The predicted octanol–water partition coefficient (Wildman–Crippen LogP) is 4.49. The molecule has 5 heteroatoms. The summed E-state index contributed by atoms with van der Waals surface area (Å²) in [5.74, 6) is 3.27. The van der Waals surface area contributed by atoms with Gasteiger partial charge < -0.3 is 10.6 Å². The molecule has 5 rings (SSSR count). The Hall–Kier alpha value is -1.49. The fourth-order valence-electron chi connectivity index (χ4n) is 6.17. The van der Waals surface area contributed by atoms with Crippen LogP contribution in [-0.4, -0.2) is 29.1 Å². The minimum atomic E-state index is -0.490. The molecule has 0 aliphatic heterocycles. The Balaban J connectivity index is 1.39. The number of hydrogen-bond acceptors (Lipinski definition) is 3. The Bertz CT molecular complexity index is 723. The van der Waals surface area contributed by atoms with E-state index in [1.165, 1.54) is 31.7 Å². The third-order valence-electron chi connectivity index (χ3n) is 7.08. The Morgan fingerprint density at radius 1 is 1.03 bits per heavy atom. The van der Waals surface area contributed by atoms with Gasteiger partial charge in [-0.3, -0.25) is 9.59 Å². The van der Waals surface area contributed by atoms with Crippen LogP contribution in [0.1, 0.15) is 70.8 Å². The van der Waals surface area contributed by atoms with Crippen molar-refractivity contribution in [3.8, 4) is 0 Å². The van der Waals surface area contributed by atoms with Crippen molar-refractivity contribution in [3.05, 3.63) is 29.8 Å². The summed E-state index contributed by atoms with van der Waals surface area (Å²) in [6.07, 6.45) is 7.44. The summed E-state index contributed by atoms with van der Waals surface area (Å²) in [5.41, 5.74) is 1.29. The largest absolute Gasteiger partial charge is 0.349 e. The number of carbonyl (C=O) groups is 2. The maximum atomic E-state index is 13.2. The lowest BCUT2D eigenvalue weighted by Gasteiger charge is -2.57. The summed E-state index contributed by atoms with van der Waals surface area (Å²) in [6.45, 7) is 5.86. The topological polar surface area (TPSA) is 58.2 Å². The highest BCUT2D eigenvalue weighted by Gasteiger charge is 2.51. The van der Waals surface area contributed by atoms with Gasteiger partial charge >= 0.3 is 0 Å². The first kappa shape index (κ1) is 20.8. The number of carbonyl (C=O) groups excluding carboxylic acids is 2. The third-order valence-corrected chi connectivity index (χ3v) is 8.19. The smallest absolute Gasteiger partial charge is 0.243 e. The highest BCUT2D eigenvalue weighted by atomic mass is 32.2. The molecule has 4 nitrogen and oxygen atoms in total. The van der Waals surface area contributed by atoms with Gasteiger partial charge in [-0.2, -0.15) is 0 Å². The van der Waals surface area contributed by atoms with Crippen molar-refractivity contribution < 1.29 is 9.59 Å². The molecule has 2 N–H and O–H groups in total. The maximum absolute atomic E-state index is 13.2. The predicted molar refractivity (Wildman–Crippen MR) is 118 cm³/mol. The molecule has 4 aliphatic carbocycles. The minimum Gasteiger partial charge on any atom is -0.349 e. The van der Waals surface area contributed by atoms with Gasteiger partial charge in [-0.1, -0.05) is 26.0 Å². The molecule has 0 aromatic heterocycles. The SMILES string of the molecule is CC(=O)NC(CSc1ccc(C(C)C)cc1)C(=O)NC12CC3CC(CC(C3)C1)C2. The second-order valence-electron chi connectivity index (χ2n) is 9.97. The molecule has 0 spiro atoms. The van der Waals surface area contributed by atoms with Gasteiger partial charge in [0.1, 0.15) is 6.04 Å². The first-order valence-corrected chi connectivity index (χ1v) is 12.1. The summed E-state index contributed by atoms with van der Waals surface area (Å²) in [4.78, 5) is 26.1. The standard InChI is InChI=1S/C24H34N2O2S/c1-15(2)20-4-6-21(7-5-20)29-14-22(25-16(3)27)23(28)26-24-11-17-8-18(12-24)10-19(9-17)13-24/h4-7,15,17-19,22H,8-14H2,1-3H3,(H,25,27)(H,26,28). The monoisotopic (exact) mass is 414 g/mol. The van der Waals surface area contributed by atoms with Crippen LogP contribution in [0.3, 0.4) is 0 Å². The lowest BCUT2D eigenvalue weighted by atomic mass is 9.53. The van der Waals surface area contributed by atoms with E-state index >= 15 is 0 Å². The highest BCUT2D eigenvalue weighted by Crippen LogP contribution is 2.55. The molecule has 4 fully saturated rings. The van der Waals surface area contributed by atoms with Crippen LogP contribution in [0.25, 0.3) is 0 Å². The number of amides is 2. The molecule has 1 aromatic carbocycles. The third kappa shape index (κ3) is 4.82. The first-order valence-electron chi connectivity index (χ1n) is 11.1. The number of hydrogen-bond donors (Lipinski definition) is 2. The molecule has 0 heterocycles. The number of nitrogens with one attached hydrogen (secondary N) is 2. The van der Waals surface area contributed by atoms with E-state index < -0.39 is 6.04 Å². The Labute approximate surface area is 179 Å². The highest BCUT2D eigenvalue weighted by molar-refractivity contribution is 7.99. The Morgan fingerprint density at radius 2 is 1.59 bits per heavy atom. The zero-order chi connectivity index (χ0) is 20.6. The van der Waals surface area contributed by atoms with Crippen LogP contribution in [-0.2, 0) is 9.59 Å². The van der Waals surface area contributed by atoms with Crippen LogP contribution >= 0.6 is 11.8 Å². The molecule has 0 radical (unpaired) electrons. The molecule has 158 valence electrons. The van der Waals surface area contributed by atoms with E-state index in [1.54, 1.807) is 11.8 Å². The zero-order valence-electron chi connectivity index (χ0n) is 17.9. The average Bonchev–Trinajstić information content (AvgIpc) is 2.63. The van der Waals surface area contributed by atoms with Crippen molar-refractivity contribution in [1.82, 2.24) is 10.6 Å². The van der Waals surface area contributed by atoms with E-state index in [-0.39, 0.29) is 17.4 Å². The van der Waals surface area contributed by atoms with E-state index in [4.69, 9.17) is 0 Å². The van der Waals surface area contributed by atoms with Gasteiger partial charge in [0.25, 0.3) is 0 Å². The second-order valence-corrected chi connectivity index (χ2v) is 11.1. The molecule has 1 aromatic rings. The van der Waals surface area contributed by atoms with Crippen molar-refractivity contribution in [2.75, 3.05) is 5.75 Å². The van der Waals surface area contributed by atoms with Crippen LogP contribution in [0.4, 0.5) is 0 Å². The summed E-state index contributed by atoms with van der Waals surface area (Å²) >= 11 is 1.64. The summed E-state index contributed by atoms with van der Waals surface area (Å²) in [7, 11) is 0. The van der Waals surface area contributed by atoms with Gasteiger partial charge in [-0.05, 0) is 79.9 Å². The molecule has 4 bridgehead atoms. The fourth-order valence-corrected chi connectivity index (χ4v) is 7.09. The molecule has 1 atom stereocenters. The van der Waals surface area contributed by atoms with Crippen molar-refractivity contribution in [2.24, 2.45) is 17.8 Å². The zero-order valence-corrected chi connectivity index (χ0v) is 18.7. The van der Waals surface area contributed by atoms with Gasteiger partial charge in [0.15, 0.2) is 0 Å². The van der Waals surface area contributed by atoms with Crippen LogP contribution in [0, 0.1) is 17.8 Å². The Morgan fingerprint density at radius 3 is 2.07 bits per heavy atom. The fraction of sp³-hybridized carbons (Fsp3) is 0.667.